The summed E-state index contributed by atoms with van der Waals surface area (Å²) >= 11 is 0. The lowest BCUT2D eigenvalue weighted by atomic mass is 10.2. The number of imidazole rings is 1. The van der Waals surface area contributed by atoms with E-state index in [0.717, 1.165) is 25.0 Å². The van der Waals surface area contributed by atoms with Crippen molar-refractivity contribution in [2.24, 2.45) is 0 Å². The molecule has 2 aromatic heterocycles. The second kappa shape index (κ2) is 6.87. The molecule has 136 valence electrons. The van der Waals surface area contributed by atoms with E-state index in [1.807, 2.05) is 0 Å². The summed E-state index contributed by atoms with van der Waals surface area (Å²) < 4.78 is 18.7. The lowest BCUT2D eigenvalue weighted by molar-refractivity contribution is -0.135. The number of carbonyl (C=O) groups is 1. The number of likely N-dealkylation sites (N-methyl/N-ethyl adjacent to an activating group) is 1. The molecule has 0 saturated carbocycles. The van der Waals surface area contributed by atoms with Crippen LogP contribution in [0.2, 0.25) is 0 Å². The Morgan fingerprint density at radius 1 is 1.38 bits per heavy atom. The zero-order valence-corrected chi connectivity index (χ0v) is 14.5. The molecule has 7 nitrogen and oxygen atoms in total. The maximum atomic E-state index is 13.2. The number of nitrogens with one attached hydrogen (secondary N) is 2. The first-order chi connectivity index (χ1) is 12.6. The molecule has 4 rings (SSSR count). The number of benzene rings is 1. The van der Waals surface area contributed by atoms with Crippen LogP contribution in [-0.4, -0.2) is 44.6 Å². The van der Waals surface area contributed by atoms with Gasteiger partial charge in [-0.15, -0.1) is 0 Å². The van der Waals surface area contributed by atoms with Crippen molar-refractivity contribution in [3.63, 3.8) is 0 Å². The molecule has 1 aliphatic carbocycles. The SMILES string of the molecule is CN(Cc1n[nH]c2c1CCC2)C(=O)COCc1nc2ccc(F)cc2[nH]1. The normalized spacial score (nSPS) is 13.3. The second-order valence-electron chi connectivity index (χ2n) is 6.57. The Balaban J connectivity index is 1.30. The van der Waals surface area contributed by atoms with Gasteiger partial charge in [-0.2, -0.15) is 5.10 Å². The predicted molar refractivity (Wildman–Crippen MR) is 92.8 cm³/mol. The van der Waals surface area contributed by atoms with Gasteiger partial charge in [0.25, 0.3) is 0 Å². The zero-order valence-electron chi connectivity index (χ0n) is 14.5. The maximum Gasteiger partial charge on any atom is 0.248 e. The highest BCUT2D eigenvalue weighted by molar-refractivity contribution is 5.77. The summed E-state index contributed by atoms with van der Waals surface area (Å²) in [5, 5.41) is 7.37. The van der Waals surface area contributed by atoms with Crippen molar-refractivity contribution in [3.8, 4) is 0 Å². The fraction of sp³-hybridized carbons (Fsp3) is 0.389. The number of halogens is 1. The lowest BCUT2D eigenvalue weighted by Gasteiger charge is -2.16. The van der Waals surface area contributed by atoms with Crippen molar-refractivity contribution >= 4 is 16.9 Å². The number of nitrogens with zero attached hydrogens (tertiary/aromatic N) is 3. The van der Waals surface area contributed by atoms with Crippen LogP contribution in [0.5, 0.6) is 0 Å². The van der Waals surface area contributed by atoms with Crippen LogP contribution >= 0.6 is 0 Å². The molecule has 0 atom stereocenters. The number of fused-ring (bicyclic) bond motifs is 2. The molecule has 1 aromatic carbocycles. The van der Waals surface area contributed by atoms with Gasteiger partial charge in [0.05, 0.1) is 23.3 Å². The van der Waals surface area contributed by atoms with Gasteiger partial charge < -0.3 is 14.6 Å². The Hall–Kier alpha value is -2.74. The number of rotatable bonds is 6. The number of aromatic amines is 2. The van der Waals surface area contributed by atoms with E-state index in [9.17, 15) is 9.18 Å². The molecule has 0 radical (unpaired) electrons. The molecule has 26 heavy (non-hydrogen) atoms. The number of hydrogen-bond donors (Lipinski definition) is 2. The van der Waals surface area contributed by atoms with Crippen molar-refractivity contribution in [3.05, 3.63) is 46.8 Å². The highest BCUT2D eigenvalue weighted by Crippen LogP contribution is 2.23. The minimum absolute atomic E-state index is 0.0471. The average molecular weight is 357 g/mol. The van der Waals surface area contributed by atoms with Gasteiger partial charge in [-0.25, -0.2) is 9.37 Å². The molecule has 0 aliphatic heterocycles. The Bertz CT molecular complexity index is 948. The number of carbonyl (C=O) groups excluding carboxylic acids is 1. The molecule has 2 N–H and O–H groups in total. The summed E-state index contributed by atoms with van der Waals surface area (Å²) in [6.45, 7) is 0.583. The number of ether oxygens (including phenoxy) is 1. The van der Waals surface area contributed by atoms with E-state index in [2.05, 4.69) is 20.2 Å². The van der Waals surface area contributed by atoms with Crippen LogP contribution in [0, 0.1) is 5.82 Å². The van der Waals surface area contributed by atoms with Gasteiger partial charge in [-0.05, 0) is 43.0 Å². The third-order valence-corrected chi connectivity index (χ3v) is 4.66. The molecular formula is C18H20FN5O2. The van der Waals surface area contributed by atoms with Gasteiger partial charge in [-0.1, -0.05) is 0 Å². The van der Waals surface area contributed by atoms with Crippen molar-refractivity contribution in [1.82, 2.24) is 25.1 Å². The highest BCUT2D eigenvalue weighted by atomic mass is 19.1. The van der Waals surface area contributed by atoms with Crippen LogP contribution in [0.1, 0.15) is 29.2 Å². The molecule has 1 amide bonds. The van der Waals surface area contributed by atoms with E-state index in [1.165, 1.54) is 23.4 Å². The molecule has 8 heteroatoms. The summed E-state index contributed by atoms with van der Waals surface area (Å²) in [7, 11) is 1.74. The Morgan fingerprint density at radius 2 is 2.27 bits per heavy atom. The van der Waals surface area contributed by atoms with Gasteiger partial charge >= 0.3 is 0 Å². The number of hydrogen-bond acceptors (Lipinski definition) is 4. The first kappa shape index (κ1) is 16.7. The van der Waals surface area contributed by atoms with Crippen LogP contribution in [-0.2, 0) is 35.5 Å². The minimum Gasteiger partial charge on any atom is -0.364 e. The first-order valence-corrected chi connectivity index (χ1v) is 8.61. The van der Waals surface area contributed by atoms with Crippen LogP contribution in [0.15, 0.2) is 18.2 Å². The summed E-state index contributed by atoms with van der Waals surface area (Å²) in [5.74, 6) is 0.114. The van der Waals surface area contributed by atoms with Gasteiger partial charge in [-0.3, -0.25) is 9.89 Å². The van der Waals surface area contributed by atoms with E-state index < -0.39 is 0 Å². The summed E-state index contributed by atoms with van der Waals surface area (Å²) in [6.07, 6.45) is 3.19. The summed E-state index contributed by atoms with van der Waals surface area (Å²) in [6, 6.07) is 4.34. The van der Waals surface area contributed by atoms with Crippen molar-refractivity contribution in [2.75, 3.05) is 13.7 Å². The Labute approximate surface area is 149 Å². The fourth-order valence-electron chi connectivity index (χ4n) is 3.28. The van der Waals surface area contributed by atoms with Crippen LogP contribution in [0.25, 0.3) is 11.0 Å². The van der Waals surface area contributed by atoms with E-state index in [-0.39, 0.29) is 24.9 Å². The van der Waals surface area contributed by atoms with E-state index in [0.29, 0.717) is 23.4 Å². The van der Waals surface area contributed by atoms with Gasteiger partial charge in [0, 0.05) is 12.7 Å². The van der Waals surface area contributed by atoms with E-state index in [1.54, 1.807) is 18.0 Å². The third-order valence-electron chi connectivity index (χ3n) is 4.66. The van der Waals surface area contributed by atoms with Crippen LogP contribution in [0.3, 0.4) is 0 Å². The average Bonchev–Trinajstić information content (AvgIpc) is 3.31. The predicted octanol–water partition coefficient (Wildman–Crippen LogP) is 2.09. The maximum absolute atomic E-state index is 13.2. The van der Waals surface area contributed by atoms with E-state index >= 15 is 0 Å². The molecule has 2 heterocycles. The molecule has 0 spiro atoms. The smallest absolute Gasteiger partial charge is 0.248 e. The second-order valence-corrected chi connectivity index (χ2v) is 6.57. The largest absolute Gasteiger partial charge is 0.364 e. The van der Waals surface area contributed by atoms with Crippen molar-refractivity contribution in [2.45, 2.75) is 32.4 Å². The van der Waals surface area contributed by atoms with Gasteiger partial charge in [0.2, 0.25) is 5.91 Å². The van der Waals surface area contributed by atoms with Crippen molar-refractivity contribution < 1.29 is 13.9 Å². The molecule has 0 unspecified atom stereocenters. The van der Waals surface area contributed by atoms with Gasteiger partial charge in [0.15, 0.2) is 0 Å². The first-order valence-electron chi connectivity index (χ1n) is 8.61. The quantitative estimate of drug-likeness (QED) is 0.707. The minimum atomic E-state index is -0.324. The fourth-order valence-corrected chi connectivity index (χ4v) is 3.28. The van der Waals surface area contributed by atoms with Crippen LogP contribution < -0.4 is 0 Å². The highest BCUT2D eigenvalue weighted by Gasteiger charge is 2.20. The topological polar surface area (TPSA) is 86.9 Å². The molecular weight excluding hydrogens is 337 g/mol. The van der Waals surface area contributed by atoms with E-state index in [4.69, 9.17) is 4.74 Å². The molecule has 3 aromatic rings. The monoisotopic (exact) mass is 357 g/mol. The lowest BCUT2D eigenvalue weighted by Crippen LogP contribution is -2.30. The molecule has 0 bridgehead atoms. The summed E-state index contributed by atoms with van der Waals surface area (Å²) in [4.78, 5) is 21.2. The number of amides is 1. The number of aryl methyl sites for hydroxylation is 1. The Morgan fingerprint density at radius 3 is 3.15 bits per heavy atom. The molecule has 1 aliphatic rings. The summed E-state index contributed by atoms with van der Waals surface area (Å²) in [5.41, 5.74) is 4.66. The molecule has 0 fully saturated rings. The third kappa shape index (κ3) is 3.32. The van der Waals surface area contributed by atoms with Crippen molar-refractivity contribution in [1.29, 1.82) is 0 Å². The number of H-pyrrole nitrogens is 2. The Kier molecular flexibility index (Phi) is 4.42. The standard InChI is InChI=1S/C18H20FN5O2/c1-24(8-16-12-3-2-4-13(12)22-23-16)18(25)10-26-9-17-20-14-6-5-11(19)7-15(14)21-17/h5-7H,2-4,8-10H2,1H3,(H,20,21)(H,22,23). The van der Waals surface area contributed by atoms with Gasteiger partial charge in [0.1, 0.15) is 24.9 Å². The number of aromatic nitrogens is 4. The zero-order chi connectivity index (χ0) is 18.1. The van der Waals surface area contributed by atoms with Crippen LogP contribution in [0.4, 0.5) is 4.39 Å². The molecule has 0 saturated heterocycles.